The van der Waals surface area contributed by atoms with Gasteiger partial charge in [-0.3, -0.25) is 4.79 Å². The number of carbonyl (C=O) groups is 1. The first-order chi connectivity index (χ1) is 15.6. The van der Waals surface area contributed by atoms with E-state index in [1.807, 2.05) is 23.6 Å². The van der Waals surface area contributed by atoms with E-state index in [2.05, 4.69) is 60.1 Å². The van der Waals surface area contributed by atoms with Gasteiger partial charge in [-0.05, 0) is 67.5 Å². The maximum atomic E-state index is 12.1. The number of thiophene rings is 1. The van der Waals surface area contributed by atoms with Crippen molar-refractivity contribution in [1.29, 1.82) is 0 Å². The Kier molecular flexibility index (Phi) is 7.22. The number of hydrogen-bond donors (Lipinski definition) is 1. The number of nitrogens with zero attached hydrogens (tertiary/aromatic N) is 2. The molecule has 2 heterocycles. The molecule has 2 aromatic carbocycles. The van der Waals surface area contributed by atoms with Gasteiger partial charge in [-0.2, -0.15) is 0 Å². The van der Waals surface area contributed by atoms with Crippen LogP contribution in [0, 0.1) is 13.8 Å². The second-order valence-electron chi connectivity index (χ2n) is 7.98. The highest BCUT2D eigenvalue weighted by atomic mass is 32.1. The van der Waals surface area contributed by atoms with E-state index in [1.54, 1.807) is 0 Å². The van der Waals surface area contributed by atoms with Crippen molar-refractivity contribution in [2.45, 2.75) is 39.7 Å². The Bertz CT molecular complexity index is 1180. The van der Waals surface area contributed by atoms with Crippen molar-refractivity contribution >= 4 is 28.3 Å². The van der Waals surface area contributed by atoms with Gasteiger partial charge in [0.1, 0.15) is 11.6 Å². The Hall–Kier alpha value is -3.12. The molecule has 0 saturated heterocycles. The normalized spacial score (nSPS) is 11.1. The number of aryl methyl sites for hydroxylation is 4. The van der Waals surface area contributed by atoms with E-state index >= 15 is 0 Å². The summed E-state index contributed by atoms with van der Waals surface area (Å²) in [5.74, 6) is 2.02. The summed E-state index contributed by atoms with van der Waals surface area (Å²) in [7, 11) is 0. The molecule has 0 radical (unpaired) electrons. The fourth-order valence-electron chi connectivity index (χ4n) is 3.78. The van der Waals surface area contributed by atoms with Crippen LogP contribution in [0.4, 0.5) is 0 Å². The van der Waals surface area contributed by atoms with Crippen molar-refractivity contribution < 1.29 is 9.53 Å². The van der Waals surface area contributed by atoms with Crippen LogP contribution in [0.15, 0.2) is 60.0 Å². The summed E-state index contributed by atoms with van der Waals surface area (Å²) in [5.41, 5.74) is 4.53. The van der Waals surface area contributed by atoms with E-state index in [-0.39, 0.29) is 5.91 Å². The lowest BCUT2D eigenvalue weighted by Crippen LogP contribution is -2.24. The van der Waals surface area contributed by atoms with Crippen LogP contribution < -0.4 is 10.1 Å². The molecule has 0 fully saturated rings. The summed E-state index contributed by atoms with van der Waals surface area (Å²) in [5, 5.41) is 4.92. The van der Waals surface area contributed by atoms with E-state index in [1.165, 1.54) is 16.9 Å². The number of rotatable bonds is 10. The molecule has 32 heavy (non-hydrogen) atoms. The van der Waals surface area contributed by atoms with Gasteiger partial charge in [-0.25, -0.2) is 4.98 Å². The first-order valence-electron chi connectivity index (χ1n) is 11.1. The minimum absolute atomic E-state index is 0.00269. The quantitative estimate of drug-likeness (QED) is 0.325. The van der Waals surface area contributed by atoms with Crippen molar-refractivity contribution in [3.05, 3.63) is 81.8 Å². The molecular formula is C26H29N3O2S. The van der Waals surface area contributed by atoms with Gasteiger partial charge in [-0.15, -0.1) is 11.3 Å². The smallest absolute Gasteiger partial charge is 0.261 e. The van der Waals surface area contributed by atoms with Crippen LogP contribution in [0.2, 0.25) is 0 Å². The molecule has 1 amide bonds. The first-order valence-corrected chi connectivity index (χ1v) is 12.0. The maximum absolute atomic E-state index is 12.1. The van der Waals surface area contributed by atoms with Crippen LogP contribution in [0.1, 0.15) is 39.5 Å². The predicted molar refractivity (Wildman–Crippen MR) is 131 cm³/mol. The van der Waals surface area contributed by atoms with Crippen LogP contribution in [0.25, 0.3) is 11.0 Å². The standard InChI is InChI=1S/C26H29N3O2S/c1-19-12-13-20(2)23(18-19)31-16-7-15-29-22-9-4-3-8-21(22)28-25(29)11-5-14-27-26(30)24-10-6-17-32-24/h3-4,6,8-10,12-13,17-18H,5,7,11,14-16H2,1-2H3,(H,27,30). The van der Waals surface area contributed by atoms with Gasteiger partial charge in [0.25, 0.3) is 5.91 Å². The Morgan fingerprint density at radius 2 is 1.97 bits per heavy atom. The van der Waals surface area contributed by atoms with Crippen LogP contribution in [-0.2, 0) is 13.0 Å². The predicted octanol–water partition coefficient (Wildman–Crippen LogP) is 5.55. The van der Waals surface area contributed by atoms with Gasteiger partial charge in [-0.1, -0.05) is 30.3 Å². The number of aromatic nitrogens is 2. The number of nitrogens with one attached hydrogen (secondary N) is 1. The Labute approximate surface area is 193 Å². The molecule has 0 bridgehead atoms. The summed E-state index contributed by atoms with van der Waals surface area (Å²) in [6, 6.07) is 18.3. The lowest BCUT2D eigenvalue weighted by Gasteiger charge is -2.12. The zero-order valence-electron chi connectivity index (χ0n) is 18.6. The molecule has 0 aliphatic carbocycles. The minimum atomic E-state index is -0.00269. The maximum Gasteiger partial charge on any atom is 0.261 e. The molecule has 4 rings (SSSR count). The summed E-state index contributed by atoms with van der Waals surface area (Å²) >= 11 is 1.46. The second kappa shape index (κ2) is 10.5. The fourth-order valence-corrected chi connectivity index (χ4v) is 4.42. The van der Waals surface area contributed by atoms with E-state index in [0.717, 1.165) is 58.9 Å². The lowest BCUT2D eigenvalue weighted by atomic mass is 10.1. The average Bonchev–Trinajstić information content (AvgIpc) is 3.45. The summed E-state index contributed by atoms with van der Waals surface area (Å²) in [6.45, 7) is 6.30. The molecule has 0 unspecified atom stereocenters. The van der Waals surface area contributed by atoms with Crippen molar-refractivity contribution in [1.82, 2.24) is 14.9 Å². The van der Waals surface area contributed by atoms with Crippen LogP contribution >= 0.6 is 11.3 Å². The lowest BCUT2D eigenvalue weighted by molar-refractivity contribution is 0.0957. The monoisotopic (exact) mass is 447 g/mol. The number of hydrogen-bond acceptors (Lipinski definition) is 4. The molecule has 0 spiro atoms. The van der Waals surface area contributed by atoms with E-state index in [0.29, 0.717) is 13.2 Å². The number of benzene rings is 2. The number of carbonyl (C=O) groups excluding carboxylic acids is 1. The van der Waals surface area contributed by atoms with Gasteiger partial charge < -0.3 is 14.6 Å². The van der Waals surface area contributed by atoms with Gasteiger partial charge in [0.2, 0.25) is 0 Å². The van der Waals surface area contributed by atoms with E-state index < -0.39 is 0 Å². The first kappa shape index (κ1) is 22.1. The Morgan fingerprint density at radius 1 is 1.09 bits per heavy atom. The van der Waals surface area contributed by atoms with Gasteiger partial charge in [0, 0.05) is 19.5 Å². The number of amides is 1. The minimum Gasteiger partial charge on any atom is -0.493 e. The van der Waals surface area contributed by atoms with Crippen LogP contribution in [0.3, 0.4) is 0 Å². The highest BCUT2D eigenvalue weighted by Gasteiger charge is 2.11. The van der Waals surface area contributed by atoms with Gasteiger partial charge >= 0.3 is 0 Å². The average molecular weight is 448 g/mol. The van der Waals surface area contributed by atoms with Gasteiger partial charge in [0.15, 0.2) is 0 Å². The molecule has 0 aliphatic heterocycles. The third kappa shape index (κ3) is 5.37. The molecule has 1 N–H and O–H groups in total. The zero-order chi connectivity index (χ0) is 22.3. The summed E-state index contributed by atoms with van der Waals surface area (Å²) < 4.78 is 8.34. The fraction of sp³-hybridized carbons (Fsp3) is 0.308. The largest absolute Gasteiger partial charge is 0.493 e. The summed E-state index contributed by atoms with van der Waals surface area (Å²) in [4.78, 5) is 17.7. The highest BCUT2D eigenvalue weighted by Crippen LogP contribution is 2.21. The second-order valence-corrected chi connectivity index (χ2v) is 8.92. The molecule has 166 valence electrons. The van der Waals surface area contributed by atoms with E-state index in [4.69, 9.17) is 9.72 Å². The van der Waals surface area contributed by atoms with Gasteiger partial charge in [0.05, 0.1) is 22.5 Å². The van der Waals surface area contributed by atoms with Crippen molar-refractivity contribution in [2.24, 2.45) is 0 Å². The molecule has 2 aromatic heterocycles. The molecular weight excluding hydrogens is 418 g/mol. The van der Waals surface area contributed by atoms with Crippen LogP contribution in [0.5, 0.6) is 5.75 Å². The van der Waals surface area contributed by atoms with Crippen molar-refractivity contribution in [2.75, 3.05) is 13.2 Å². The third-order valence-corrected chi connectivity index (χ3v) is 6.34. The third-order valence-electron chi connectivity index (χ3n) is 5.47. The molecule has 4 aromatic rings. The Balaban J connectivity index is 1.34. The summed E-state index contributed by atoms with van der Waals surface area (Å²) in [6.07, 6.45) is 2.56. The number of imidazole rings is 1. The molecule has 0 saturated carbocycles. The molecule has 5 nitrogen and oxygen atoms in total. The van der Waals surface area contributed by atoms with E-state index in [9.17, 15) is 4.79 Å². The van der Waals surface area contributed by atoms with Crippen LogP contribution in [-0.4, -0.2) is 28.6 Å². The van der Waals surface area contributed by atoms with Crippen molar-refractivity contribution in [3.63, 3.8) is 0 Å². The SMILES string of the molecule is Cc1ccc(C)c(OCCCn2c(CCCNC(=O)c3cccs3)nc3ccccc32)c1. The topological polar surface area (TPSA) is 56.1 Å². The number of para-hydroxylation sites is 2. The molecule has 0 atom stereocenters. The Morgan fingerprint density at radius 3 is 2.81 bits per heavy atom. The highest BCUT2D eigenvalue weighted by molar-refractivity contribution is 7.12. The zero-order valence-corrected chi connectivity index (χ0v) is 19.5. The van der Waals surface area contributed by atoms with Crippen molar-refractivity contribution in [3.8, 4) is 5.75 Å². The molecule has 6 heteroatoms. The number of fused-ring (bicyclic) bond motifs is 1. The number of ether oxygens (including phenoxy) is 1. The molecule has 0 aliphatic rings.